The van der Waals surface area contributed by atoms with Gasteiger partial charge in [0.1, 0.15) is 17.0 Å². The van der Waals surface area contributed by atoms with Gasteiger partial charge in [-0.1, -0.05) is 0 Å². The van der Waals surface area contributed by atoms with Crippen molar-refractivity contribution >= 4 is 29.0 Å². The lowest BCUT2D eigenvalue weighted by Crippen LogP contribution is -2.47. The predicted octanol–water partition coefficient (Wildman–Crippen LogP) is 3.82. The first-order chi connectivity index (χ1) is 13.8. The number of guanidine groups is 1. The number of nitrogens with zero attached hydrogens (tertiary/aromatic N) is 1. The third kappa shape index (κ3) is 7.65. The van der Waals surface area contributed by atoms with Crippen LogP contribution in [-0.4, -0.2) is 46.0 Å². The van der Waals surface area contributed by atoms with Gasteiger partial charge < -0.3 is 19.6 Å². The summed E-state index contributed by atoms with van der Waals surface area (Å²) in [6.45, 7) is 10.7. The molecule has 164 valence electrons. The molecule has 0 spiro atoms. The number of amides is 2. The number of hydrogen-bond acceptors (Lipinski definition) is 6. The number of phenols is 1. The second kappa shape index (κ2) is 9.06. The number of benzene rings is 1. The molecule has 2 aromatic rings. The summed E-state index contributed by atoms with van der Waals surface area (Å²) in [6.07, 6.45) is 0.865. The summed E-state index contributed by atoms with van der Waals surface area (Å²) >= 11 is 0. The fourth-order valence-corrected chi connectivity index (χ4v) is 2.57. The van der Waals surface area contributed by atoms with Crippen molar-refractivity contribution in [3.8, 4) is 5.75 Å². The molecule has 0 bridgehead atoms. The van der Waals surface area contributed by atoms with Crippen LogP contribution in [0.25, 0.3) is 10.9 Å². The number of aromatic amines is 1. The molecule has 0 aliphatic rings. The van der Waals surface area contributed by atoms with Crippen LogP contribution in [0.3, 0.4) is 0 Å². The van der Waals surface area contributed by atoms with Gasteiger partial charge in [0.15, 0.2) is 0 Å². The van der Waals surface area contributed by atoms with E-state index in [-0.39, 0.29) is 18.3 Å². The number of ether oxygens (including phenoxy) is 2. The minimum atomic E-state index is -0.741. The van der Waals surface area contributed by atoms with Crippen molar-refractivity contribution in [2.75, 3.05) is 6.54 Å². The van der Waals surface area contributed by atoms with E-state index in [1.54, 1.807) is 59.7 Å². The molecule has 0 fully saturated rings. The van der Waals surface area contributed by atoms with E-state index < -0.39 is 23.4 Å². The molecule has 1 heterocycles. The Balaban J connectivity index is 2.11. The average molecular weight is 418 g/mol. The first kappa shape index (κ1) is 23.1. The van der Waals surface area contributed by atoms with Gasteiger partial charge in [0.2, 0.25) is 5.96 Å². The Morgan fingerprint density at radius 3 is 2.13 bits per heavy atom. The number of nitrogens with one attached hydrogen (secondary N) is 3. The zero-order chi connectivity index (χ0) is 22.5. The first-order valence-electron chi connectivity index (χ1n) is 9.66. The van der Waals surface area contributed by atoms with E-state index in [0.717, 1.165) is 16.5 Å². The number of aromatic nitrogens is 1. The lowest BCUT2D eigenvalue weighted by atomic mass is 10.1. The van der Waals surface area contributed by atoms with Crippen molar-refractivity contribution in [1.29, 1.82) is 0 Å². The highest BCUT2D eigenvalue weighted by Gasteiger charge is 2.21. The molecule has 1 aromatic heterocycles. The van der Waals surface area contributed by atoms with Gasteiger partial charge in [-0.25, -0.2) is 9.59 Å². The van der Waals surface area contributed by atoms with Crippen LogP contribution < -0.4 is 10.6 Å². The number of rotatable bonds is 3. The maximum atomic E-state index is 12.1. The summed E-state index contributed by atoms with van der Waals surface area (Å²) in [6, 6.07) is 5.06. The van der Waals surface area contributed by atoms with Gasteiger partial charge in [-0.2, -0.15) is 0 Å². The number of hydrogen-bond donors (Lipinski definition) is 4. The van der Waals surface area contributed by atoms with Crippen molar-refractivity contribution in [2.45, 2.75) is 59.2 Å². The molecule has 30 heavy (non-hydrogen) atoms. The molecule has 1 aromatic carbocycles. The number of phenolic OH excluding ortho intramolecular Hbond substituents is 1. The normalized spacial score (nSPS) is 11.7. The van der Waals surface area contributed by atoms with E-state index in [1.807, 2.05) is 6.20 Å². The monoisotopic (exact) mass is 418 g/mol. The first-order valence-corrected chi connectivity index (χ1v) is 9.66. The van der Waals surface area contributed by atoms with E-state index in [0.29, 0.717) is 6.42 Å². The van der Waals surface area contributed by atoms with Crippen molar-refractivity contribution in [2.24, 2.45) is 4.99 Å². The summed E-state index contributed by atoms with van der Waals surface area (Å²) in [5.41, 5.74) is 0.435. The van der Waals surface area contributed by atoms with Gasteiger partial charge in [-0.3, -0.25) is 15.6 Å². The molecule has 0 radical (unpaired) electrons. The summed E-state index contributed by atoms with van der Waals surface area (Å²) < 4.78 is 10.4. The highest BCUT2D eigenvalue weighted by molar-refractivity contribution is 6.01. The fourth-order valence-electron chi connectivity index (χ4n) is 2.57. The molecule has 0 saturated heterocycles. The van der Waals surface area contributed by atoms with E-state index in [2.05, 4.69) is 20.6 Å². The van der Waals surface area contributed by atoms with E-state index in [9.17, 15) is 14.7 Å². The lowest BCUT2D eigenvalue weighted by Gasteiger charge is -2.22. The number of aliphatic imine (C=N–C) groups is 1. The number of carbonyl (C=O) groups is 2. The minimum Gasteiger partial charge on any atom is -0.508 e. The Labute approximate surface area is 175 Å². The van der Waals surface area contributed by atoms with Gasteiger partial charge in [0, 0.05) is 23.6 Å². The topological polar surface area (TPSA) is 125 Å². The Bertz CT molecular complexity index is 903. The number of carbonyl (C=O) groups excluding carboxylic acids is 2. The smallest absolute Gasteiger partial charge is 0.414 e. The Hall–Kier alpha value is -3.23. The summed E-state index contributed by atoms with van der Waals surface area (Å²) in [4.78, 5) is 31.6. The van der Waals surface area contributed by atoms with Gasteiger partial charge in [0.25, 0.3) is 0 Å². The Kier molecular flexibility index (Phi) is 6.96. The molecular weight excluding hydrogens is 388 g/mol. The molecular formula is C21H30N4O5. The van der Waals surface area contributed by atoms with Crippen LogP contribution in [0.2, 0.25) is 0 Å². The Morgan fingerprint density at radius 1 is 1.03 bits per heavy atom. The van der Waals surface area contributed by atoms with Crippen molar-refractivity contribution < 1.29 is 24.2 Å². The fraction of sp³-hybridized carbons (Fsp3) is 0.476. The number of alkyl carbamates (subject to hydrolysis) is 2. The van der Waals surface area contributed by atoms with Crippen LogP contribution in [0.15, 0.2) is 29.4 Å². The molecule has 2 rings (SSSR count). The van der Waals surface area contributed by atoms with E-state index >= 15 is 0 Å². The van der Waals surface area contributed by atoms with Crippen LogP contribution in [0.4, 0.5) is 9.59 Å². The third-order valence-corrected chi connectivity index (χ3v) is 3.64. The molecule has 9 heteroatoms. The summed E-state index contributed by atoms with van der Waals surface area (Å²) in [5, 5.41) is 15.5. The van der Waals surface area contributed by atoms with Crippen LogP contribution in [0.1, 0.15) is 47.1 Å². The van der Waals surface area contributed by atoms with Crippen molar-refractivity contribution in [1.82, 2.24) is 15.6 Å². The quantitative estimate of drug-likeness (QED) is 0.445. The second-order valence-electron chi connectivity index (χ2n) is 8.78. The highest BCUT2D eigenvalue weighted by Crippen LogP contribution is 2.23. The zero-order valence-corrected chi connectivity index (χ0v) is 18.3. The SMILES string of the molecule is CC(C)(C)OC(=O)NC(=NCCc1c[nH]c2ccc(O)cc12)NC(=O)OC(C)(C)C. The molecule has 9 nitrogen and oxygen atoms in total. The van der Waals surface area contributed by atoms with E-state index in [4.69, 9.17) is 9.47 Å². The standard InChI is InChI=1S/C21H30N4O5/c1-20(2,3)29-18(27)24-17(25-19(28)30-21(4,5)6)22-10-9-13-12-23-16-8-7-14(26)11-15(13)16/h7-8,11-12,23,26H,9-10H2,1-6H3,(H2,22,24,25,27,28). The van der Waals surface area contributed by atoms with Gasteiger partial charge in [-0.15, -0.1) is 0 Å². The van der Waals surface area contributed by atoms with Gasteiger partial charge in [0.05, 0.1) is 0 Å². The number of aromatic hydroxyl groups is 1. The molecule has 4 N–H and O–H groups in total. The summed E-state index contributed by atoms with van der Waals surface area (Å²) in [7, 11) is 0. The maximum Gasteiger partial charge on any atom is 0.414 e. The number of H-pyrrole nitrogens is 1. The zero-order valence-electron chi connectivity index (χ0n) is 18.3. The summed E-state index contributed by atoms with van der Waals surface area (Å²) in [5.74, 6) is 0.104. The van der Waals surface area contributed by atoms with Crippen LogP contribution in [0, 0.1) is 0 Å². The second-order valence-corrected chi connectivity index (χ2v) is 8.78. The van der Waals surface area contributed by atoms with Crippen molar-refractivity contribution in [3.63, 3.8) is 0 Å². The minimum absolute atomic E-state index is 0.0683. The Morgan fingerprint density at radius 2 is 1.60 bits per heavy atom. The molecule has 0 aliphatic carbocycles. The largest absolute Gasteiger partial charge is 0.508 e. The van der Waals surface area contributed by atoms with Crippen LogP contribution in [-0.2, 0) is 15.9 Å². The maximum absolute atomic E-state index is 12.1. The molecule has 2 amide bonds. The van der Waals surface area contributed by atoms with Gasteiger partial charge >= 0.3 is 12.2 Å². The third-order valence-electron chi connectivity index (χ3n) is 3.64. The predicted molar refractivity (Wildman–Crippen MR) is 115 cm³/mol. The average Bonchev–Trinajstić information content (AvgIpc) is 2.93. The van der Waals surface area contributed by atoms with Crippen molar-refractivity contribution in [3.05, 3.63) is 30.0 Å². The molecule has 0 aliphatic heterocycles. The number of fused-ring (bicyclic) bond motifs is 1. The van der Waals surface area contributed by atoms with Gasteiger partial charge in [-0.05, 0) is 71.7 Å². The lowest BCUT2D eigenvalue weighted by molar-refractivity contribution is 0.0545. The van der Waals surface area contributed by atoms with Crippen LogP contribution >= 0.6 is 0 Å². The molecule has 0 atom stereocenters. The highest BCUT2D eigenvalue weighted by atomic mass is 16.6. The molecule has 0 saturated carbocycles. The molecule has 0 unspecified atom stereocenters. The van der Waals surface area contributed by atoms with Crippen LogP contribution in [0.5, 0.6) is 5.75 Å². The van der Waals surface area contributed by atoms with E-state index in [1.165, 1.54) is 0 Å².